The highest BCUT2D eigenvalue weighted by molar-refractivity contribution is 9.10. The van der Waals surface area contributed by atoms with Crippen molar-refractivity contribution in [1.29, 1.82) is 0 Å². The average molecular weight is 338 g/mol. The summed E-state index contributed by atoms with van der Waals surface area (Å²) >= 11 is 11.9. The van der Waals surface area contributed by atoms with Crippen molar-refractivity contribution in [2.75, 3.05) is 0 Å². The zero-order valence-electron chi connectivity index (χ0n) is 9.44. The number of alkyl halides is 1. The highest BCUT2D eigenvalue weighted by Gasteiger charge is 2.15. The van der Waals surface area contributed by atoms with Crippen LogP contribution in [0.15, 0.2) is 58.4 Å². The maximum Gasteiger partial charge on any atom is 0.0933 e. The molecule has 0 nitrogen and oxygen atoms in total. The van der Waals surface area contributed by atoms with Crippen molar-refractivity contribution in [2.45, 2.75) is 5.38 Å². The van der Waals surface area contributed by atoms with Crippen molar-refractivity contribution >= 4 is 49.6 Å². The van der Waals surface area contributed by atoms with Gasteiger partial charge in [0.2, 0.25) is 0 Å². The first-order valence-corrected chi connectivity index (χ1v) is 7.73. The molecule has 0 aliphatic heterocycles. The Labute approximate surface area is 123 Å². The molecule has 90 valence electrons. The Morgan fingerprint density at radius 3 is 2.44 bits per heavy atom. The molecule has 3 rings (SSSR count). The Hall–Kier alpha value is -0.830. The molecule has 1 aromatic heterocycles. The van der Waals surface area contributed by atoms with E-state index in [-0.39, 0.29) is 5.38 Å². The van der Waals surface area contributed by atoms with E-state index in [4.69, 9.17) is 11.6 Å². The second-order valence-electron chi connectivity index (χ2n) is 4.06. The molecule has 0 aliphatic carbocycles. The van der Waals surface area contributed by atoms with Crippen LogP contribution >= 0.6 is 38.9 Å². The number of rotatable bonds is 2. The summed E-state index contributed by atoms with van der Waals surface area (Å²) in [4.78, 5) is 1.18. The van der Waals surface area contributed by atoms with Gasteiger partial charge in [-0.25, -0.2) is 0 Å². The molecule has 1 atom stereocenters. The third-order valence-corrected chi connectivity index (χ3v) is 5.20. The minimum absolute atomic E-state index is 0.0806. The van der Waals surface area contributed by atoms with E-state index in [1.54, 1.807) is 11.3 Å². The predicted octanol–water partition coefficient (Wildman–Crippen LogP) is 5.99. The fourth-order valence-electron chi connectivity index (χ4n) is 2.10. The highest BCUT2D eigenvalue weighted by Crippen LogP contribution is 2.37. The predicted molar refractivity (Wildman–Crippen MR) is 83.7 cm³/mol. The van der Waals surface area contributed by atoms with Gasteiger partial charge in [0.25, 0.3) is 0 Å². The lowest BCUT2D eigenvalue weighted by atomic mass is 10.0. The average Bonchev–Trinajstić information content (AvgIpc) is 2.93. The third kappa shape index (κ3) is 2.09. The number of thiophene rings is 1. The van der Waals surface area contributed by atoms with Gasteiger partial charge >= 0.3 is 0 Å². The van der Waals surface area contributed by atoms with Gasteiger partial charge in [0.05, 0.1) is 5.38 Å². The van der Waals surface area contributed by atoms with Gasteiger partial charge in [0.1, 0.15) is 0 Å². The van der Waals surface area contributed by atoms with Gasteiger partial charge in [-0.2, -0.15) is 0 Å². The lowest BCUT2D eigenvalue weighted by Crippen LogP contribution is -1.92. The molecule has 0 bridgehead atoms. The van der Waals surface area contributed by atoms with Crippen LogP contribution in [0.2, 0.25) is 0 Å². The summed E-state index contributed by atoms with van der Waals surface area (Å²) in [5, 5.41) is 4.40. The Bertz CT molecular complexity index is 676. The summed E-state index contributed by atoms with van der Waals surface area (Å²) in [5.74, 6) is 0. The van der Waals surface area contributed by atoms with Crippen molar-refractivity contribution in [2.24, 2.45) is 0 Å². The summed E-state index contributed by atoms with van der Waals surface area (Å²) in [5.41, 5.74) is 1.16. The Balaban J connectivity index is 2.21. The summed E-state index contributed by atoms with van der Waals surface area (Å²) in [6.45, 7) is 0. The number of fused-ring (bicyclic) bond motifs is 1. The number of benzene rings is 2. The van der Waals surface area contributed by atoms with E-state index >= 15 is 0 Å². The van der Waals surface area contributed by atoms with Crippen LogP contribution in [0.3, 0.4) is 0 Å². The molecule has 18 heavy (non-hydrogen) atoms. The summed E-state index contributed by atoms with van der Waals surface area (Å²) in [7, 11) is 0. The third-order valence-electron chi connectivity index (χ3n) is 2.97. The van der Waals surface area contributed by atoms with Gasteiger partial charge in [-0.3, -0.25) is 0 Å². The molecule has 2 aromatic carbocycles. The number of halogens is 2. The summed E-state index contributed by atoms with van der Waals surface area (Å²) < 4.78 is 1.11. The maximum absolute atomic E-state index is 6.60. The van der Waals surface area contributed by atoms with Crippen molar-refractivity contribution in [3.05, 3.63) is 68.8 Å². The minimum atomic E-state index is -0.0806. The van der Waals surface area contributed by atoms with E-state index in [9.17, 15) is 0 Å². The van der Waals surface area contributed by atoms with Gasteiger partial charge in [0.15, 0.2) is 0 Å². The highest BCUT2D eigenvalue weighted by atomic mass is 79.9. The van der Waals surface area contributed by atoms with Crippen LogP contribution < -0.4 is 0 Å². The molecule has 3 heteroatoms. The first kappa shape index (κ1) is 12.2. The molecule has 3 aromatic rings. The first-order chi connectivity index (χ1) is 8.77. The van der Waals surface area contributed by atoms with Crippen LogP contribution in [0, 0.1) is 0 Å². The van der Waals surface area contributed by atoms with Gasteiger partial charge in [0, 0.05) is 9.35 Å². The lowest BCUT2D eigenvalue weighted by Gasteiger charge is -2.12. The second kappa shape index (κ2) is 5.04. The van der Waals surface area contributed by atoms with Gasteiger partial charge in [-0.15, -0.1) is 22.9 Å². The molecule has 0 saturated carbocycles. The molecule has 0 N–H and O–H groups in total. The summed E-state index contributed by atoms with van der Waals surface area (Å²) in [6.07, 6.45) is 0. The topological polar surface area (TPSA) is 0 Å². The maximum atomic E-state index is 6.60. The first-order valence-electron chi connectivity index (χ1n) is 5.62. The Morgan fingerprint density at radius 2 is 1.72 bits per heavy atom. The number of hydrogen-bond acceptors (Lipinski definition) is 1. The molecular formula is C15H10BrClS. The van der Waals surface area contributed by atoms with E-state index in [2.05, 4.69) is 57.7 Å². The standard InChI is InChI=1S/C15H10BrClS/c16-13-8-7-12(10-4-1-2-5-11(10)13)15(17)14-6-3-9-18-14/h1-9,15H. The largest absolute Gasteiger partial charge is 0.147 e. The summed E-state index contributed by atoms with van der Waals surface area (Å²) in [6, 6.07) is 16.6. The van der Waals surface area contributed by atoms with E-state index < -0.39 is 0 Å². The lowest BCUT2D eigenvalue weighted by molar-refractivity contribution is 1.21. The van der Waals surface area contributed by atoms with Crippen LogP contribution in [-0.2, 0) is 0 Å². The van der Waals surface area contributed by atoms with Crippen LogP contribution in [0.1, 0.15) is 15.8 Å². The monoisotopic (exact) mass is 336 g/mol. The fourth-order valence-corrected chi connectivity index (χ4v) is 3.71. The quantitative estimate of drug-likeness (QED) is 0.504. The molecule has 1 heterocycles. The minimum Gasteiger partial charge on any atom is -0.147 e. The molecule has 1 unspecified atom stereocenters. The van der Waals surface area contributed by atoms with Crippen molar-refractivity contribution in [3.8, 4) is 0 Å². The van der Waals surface area contributed by atoms with E-state index in [0.29, 0.717) is 0 Å². The van der Waals surface area contributed by atoms with Crippen LogP contribution in [0.4, 0.5) is 0 Å². The van der Waals surface area contributed by atoms with E-state index in [1.165, 1.54) is 15.6 Å². The van der Waals surface area contributed by atoms with Crippen LogP contribution in [-0.4, -0.2) is 0 Å². The molecule has 0 radical (unpaired) electrons. The fraction of sp³-hybridized carbons (Fsp3) is 0.0667. The van der Waals surface area contributed by atoms with E-state index in [1.807, 2.05) is 12.1 Å². The zero-order chi connectivity index (χ0) is 12.5. The molecule has 0 fully saturated rings. The van der Waals surface area contributed by atoms with Gasteiger partial charge in [-0.05, 0) is 33.8 Å². The van der Waals surface area contributed by atoms with Crippen LogP contribution in [0.5, 0.6) is 0 Å². The zero-order valence-corrected chi connectivity index (χ0v) is 12.6. The van der Waals surface area contributed by atoms with Crippen molar-refractivity contribution < 1.29 is 0 Å². The Kier molecular flexibility index (Phi) is 3.42. The number of hydrogen-bond donors (Lipinski definition) is 0. The molecular weight excluding hydrogens is 328 g/mol. The molecule has 0 aliphatic rings. The Morgan fingerprint density at radius 1 is 0.944 bits per heavy atom. The SMILES string of the molecule is ClC(c1cccs1)c1ccc(Br)c2ccccc12. The normalized spacial score (nSPS) is 12.8. The molecule has 0 amide bonds. The second-order valence-corrected chi connectivity index (χ2v) is 6.33. The van der Waals surface area contributed by atoms with Crippen LogP contribution in [0.25, 0.3) is 10.8 Å². The van der Waals surface area contributed by atoms with Crippen molar-refractivity contribution in [1.82, 2.24) is 0 Å². The van der Waals surface area contributed by atoms with Gasteiger partial charge < -0.3 is 0 Å². The van der Waals surface area contributed by atoms with E-state index in [0.717, 1.165) is 10.0 Å². The molecule has 0 spiro atoms. The molecule has 0 saturated heterocycles. The van der Waals surface area contributed by atoms with Gasteiger partial charge in [-0.1, -0.05) is 52.3 Å². The smallest absolute Gasteiger partial charge is 0.0933 e. The van der Waals surface area contributed by atoms with Crippen molar-refractivity contribution in [3.63, 3.8) is 0 Å².